The van der Waals surface area contributed by atoms with Gasteiger partial charge in [-0.25, -0.2) is 14.6 Å². The van der Waals surface area contributed by atoms with Crippen molar-refractivity contribution in [1.29, 1.82) is 0 Å². The normalized spacial score (nSPS) is 13.1. The standard InChI is InChI=1S/C14H23N5S/c1-5-6-15-12(14-11(4)17-9-20-14)7-13-16-8-18-19(13)10(2)3/h8-10,12,15H,5-7H2,1-4H3. The lowest BCUT2D eigenvalue weighted by molar-refractivity contribution is 0.465. The van der Waals surface area contributed by atoms with Crippen LogP contribution >= 0.6 is 11.3 Å². The van der Waals surface area contributed by atoms with Crippen LogP contribution in [0.2, 0.25) is 0 Å². The molecule has 1 N–H and O–H groups in total. The van der Waals surface area contributed by atoms with Gasteiger partial charge in [0, 0.05) is 17.3 Å². The number of aryl methyl sites for hydroxylation is 1. The Hall–Kier alpha value is -1.27. The van der Waals surface area contributed by atoms with Crippen LogP contribution in [-0.2, 0) is 6.42 Å². The molecule has 0 aliphatic heterocycles. The van der Waals surface area contributed by atoms with Gasteiger partial charge in [0.05, 0.1) is 17.2 Å². The molecule has 0 saturated heterocycles. The first-order valence-electron chi connectivity index (χ1n) is 7.15. The van der Waals surface area contributed by atoms with Crippen LogP contribution < -0.4 is 5.32 Å². The maximum Gasteiger partial charge on any atom is 0.138 e. The molecule has 0 fully saturated rings. The van der Waals surface area contributed by atoms with Crippen molar-refractivity contribution in [1.82, 2.24) is 25.1 Å². The third-order valence-electron chi connectivity index (χ3n) is 3.26. The van der Waals surface area contributed by atoms with Crippen LogP contribution in [0.5, 0.6) is 0 Å². The van der Waals surface area contributed by atoms with Gasteiger partial charge in [-0.1, -0.05) is 6.92 Å². The van der Waals surface area contributed by atoms with E-state index < -0.39 is 0 Å². The molecule has 2 aromatic heterocycles. The zero-order valence-corrected chi connectivity index (χ0v) is 13.4. The second kappa shape index (κ2) is 6.95. The van der Waals surface area contributed by atoms with Crippen LogP contribution in [0, 0.1) is 6.92 Å². The average molecular weight is 293 g/mol. The maximum absolute atomic E-state index is 4.42. The van der Waals surface area contributed by atoms with E-state index in [0.29, 0.717) is 6.04 Å². The highest BCUT2D eigenvalue weighted by atomic mass is 32.1. The van der Waals surface area contributed by atoms with Gasteiger partial charge in [-0.05, 0) is 33.7 Å². The Morgan fingerprint density at radius 3 is 2.75 bits per heavy atom. The summed E-state index contributed by atoms with van der Waals surface area (Å²) in [6.07, 6.45) is 3.61. The van der Waals surface area contributed by atoms with Crippen molar-refractivity contribution in [2.45, 2.75) is 52.6 Å². The molecule has 0 aromatic carbocycles. The van der Waals surface area contributed by atoms with Crippen molar-refractivity contribution < 1.29 is 0 Å². The zero-order chi connectivity index (χ0) is 14.5. The van der Waals surface area contributed by atoms with Crippen molar-refractivity contribution in [2.24, 2.45) is 0 Å². The second-order valence-electron chi connectivity index (χ2n) is 5.23. The fourth-order valence-electron chi connectivity index (χ4n) is 2.26. The highest BCUT2D eigenvalue weighted by Gasteiger charge is 2.19. The zero-order valence-electron chi connectivity index (χ0n) is 12.6. The van der Waals surface area contributed by atoms with E-state index in [4.69, 9.17) is 0 Å². The van der Waals surface area contributed by atoms with Crippen LogP contribution in [0.1, 0.15) is 55.7 Å². The van der Waals surface area contributed by atoms with Crippen molar-refractivity contribution in [3.8, 4) is 0 Å². The molecule has 2 heterocycles. The van der Waals surface area contributed by atoms with E-state index in [2.05, 4.69) is 48.1 Å². The van der Waals surface area contributed by atoms with Crippen LogP contribution in [0.15, 0.2) is 11.8 Å². The minimum absolute atomic E-state index is 0.268. The second-order valence-corrected chi connectivity index (χ2v) is 6.11. The van der Waals surface area contributed by atoms with Crippen molar-refractivity contribution in [3.05, 3.63) is 28.2 Å². The number of nitrogens with zero attached hydrogens (tertiary/aromatic N) is 4. The molecule has 0 bridgehead atoms. The number of hydrogen-bond acceptors (Lipinski definition) is 5. The molecule has 5 nitrogen and oxygen atoms in total. The first-order valence-corrected chi connectivity index (χ1v) is 8.03. The van der Waals surface area contributed by atoms with Gasteiger partial charge in [0.2, 0.25) is 0 Å². The summed E-state index contributed by atoms with van der Waals surface area (Å²) in [5, 5.41) is 7.92. The quantitative estimate of drug-likeness (QED) is 0.853. The van der Waals surface area contributed by atoms with Crippen LogP contribution in [0.3, 0.4) is 0 Å². The van der Waals surface area contributed by atoms with Gasteiger partial charge in [0.1, 0.15) is 12.2 Å². The maximum atomic E-state index is 4.42. The highest BCUT2D eigenvalue weighted by Crippen LogP contribution is 2.25. The van der Waals surface area contributed by atoms with Crippen molar-refractivity contribution >= 4 is 11.3 Å². The van der Waals surface area contributed by atoms with Gasteiger partial charge >= 0.3 is 0 Å². The van der Waals surface area contributed by atoms with Crippen LogP contribution in [0.4, 0.5) is 0 Å². The van der Waals surface area contributed by atoms with Crippen LogP contribution in [0.25, 0.3) is 0 Å². The Kier molecular flexibility index (Phi) is 5.25. The Balaban J connectivity index is 2.19. The molecule has 2 rings (SSSR count). The highest BCUT2D eigenvalue weighted by molar-refractivity contribution is 7.09. The molecule has 110 valence electrons. The number of thiazole rings is 1. The fraction of sp³-hybridized carbons (Fsp3) is 0.643. The lowest BCUT2D eigenvalue weighted by Crippen LogP contribution is -2.25. The largest absolute Gasteiger partial charge is 0.309 e. The summed E-state index contributed by atoms with van der Waals surface area (Å²) in [6, 6.07) is 0.603. The first kappa shape index (κ1) is 15.1. The topological polar surface area (TPSA) is 55.6 Å². The SMILES string of the molecule is CCCNC(Cc1ncnn1C(C)C)c1scnc1C. The van der Waals surface area contributed by atoms with Gasteiger partial charge in [-0.15, -0.1) is 11.3 Å². The van der Waals surface area contributed by atoms with Crippen molar-refractivity contribution in [3.63, 3.8) is 0 Å². The summed E-state index contributed by atoms with van der Waals surface area (Å²) in [4.78, 5) is 10.1. The lowest BCUT2D eigenvalue weighted by atomic mass is 10.1. The molecule has 0 saturated carbocycles. The Labute approximate surface area is 124 Å². The van der Waals surface area contributed by atoms with Gasteiger partial charge < -0.3 is 5.32 Å². The number of rotatable bonds is 7. The summed E-state index contributed by atoms with van der Waals surface area (Å²) < 4.78 is 2.00. The predicted octanol–water partition coefficient (Wildman–Crippen LogP) is 2.91. The van der Waals surface area contributed by atoms with E-state index in [0.717, 1.165) is 30.9 Å². The molecule has 20 heavy (non-hydrogen) atoms. The van der Waals surface area contributed by atoms with Crippen molar-refractivity contribution in [2.75, 3.05) is 6.54 Å². The Morgan fingerprint density at radius 2 is 2.15 bits per heavy atom. The molecule has 0 aliphatic carbocycles. The van der Waals surface area contributed by atoms with E-state index in [1.165, 1.54) is 4.88 Å². The monoisotopic (exact) mass is 293 g/mol. The average Bonchev–Trinajstić information content (AvgIpc) is 3.03. The minimum atomic E-state index is 0.268. The van der Waals surface area contributed by atoms with Gasteiger partial charge in [-0.3, -0.25) is 0 Å². The number of aromatic nitrogens is 4. The minimum Gasteiger partial charge on any atom is -0.309 e. The molecule has 2 aromatic rings. The molecular weight excluding hydrogens is 270 g/mol. The molecule has 1 unspecified atom stereocenters. The summed E-state index contributed by atoms with van der Waals surface area (Å²) in [5.74, 6) is 1.03. The molecule has 6 heteroatoms. The number of nitrogens with one attached hydrogen (secondary N) is 1. The van der Waals surface area contributed by atoms with Crippen LogP contribution in [-0.4, -0.2) is 26.3 Å². The molecule has 0 aliphatic rings. The molecule has 0 radical (unpaired) electrons. The summed E-state index contributed by atoms with van der Waals surface area (Å²) in [7, 11) is 0. The Morgan fingerprint density at radius 1 is 1.35 bits per heavy atom. The van der Waals surface area contributed by atoms with Gasteiger partial charge in [-0.2, -0.15) is 5.10 Å². The van der Waals surface area contributed by atoms with E-state index in [9.17, 15) is 0 Å². The van der Waals surface area contributed by atoms with Gasteiger partial charge in [0.15, 0.2) is 0 Å². The lowest BCUT2D eigenvalue weighted by Gasteiger charge is -2.18. The smallest absolute Gasteiger partial charge is 0.138 e. The summed E-state index contributed by atoms with van der Waals surface area (Å²) in [6.45, 7) is 9.51. The summed E-state index contributed by atoms with van der Waals surface area (Å²) in [5.41, 5.74) is 3.03. The third-order valence-corrected chi connectivity index (χ3v) is 4.31. The number of hydrogen-bond donors (Lipinski definition) is 1. The van der Waals surface area contributed by atoms with Gasteiger partial charge in [0.25, 0.3) is 0 Å². The Bertz CT molecular complexity index is 531. The van der Waals surface area contributed by atoms with E-state index in [1.807, 2.05) is 10.2 Å². The summed E-state index contributed by atoms with van der Waals surface area (Å²) >= 11 is 1.71. The third kappa shape index (κ3) is 3.43. The molecule has 0 spiro atoms. The fourth-order valence-corrected chi connectivity index (χ4v) is 3.13. The first-order chi connectivity index (χ1) is 9.63. The van der Waals surface area contributed by atoms with E-state index >= 15 is 0 Å². The van der Waals surface area contributed by atoms with E-state index in [-0.39, 0.29) is 6.04 Å². The predicted molar refractivity (Wildman–Crippen MR) is 82.0 cm³/mol. The molecular formula is C14H23N5S. The van der Waals surface area contributed by atoms with E-state index in [1.54, 1.807) is 17.7 Å². The molecule has 0 amide bonds. The molecule has 1 atom stereocenters.